The standard InChI is InChI=1S/C20H21N3O3S/c1-14-6-4-5-7-18(14)22-16-8-11-20(21-13-16)23-27(24,25)19-10-9-17(26-3)12-15(19)2/h4-13,22H,1-3H3,(H,21,23). The van der Waals surface area contributed by atoms with Crippen molar-refractivity contribution >= 4 is 27.2 Å². The van der Waals surface area contributed by atoms with E-state index in [1.165, 1.54) is 13.2 Å². The van der Waals surface area contributed by atoms with Crippen LogP contribution in [-0.2, 0) is 10.0 Å². The molecule has 0 aliphatic rings. The fourth-order valence-electron chi connectivity index (χ4n) is 2.64. The number of benzene rings is 2. The second kappa shape index (κ2) is 7.67. The zero-order valence-electron chi connectivity index (χ0n) is 15.4. The number of anilines is 3. The molecule has 140 valence electrons. The Hall–Kier alpha value is -3.06. The number of hydrogen-bond donors (Lipinski definition) is 2. The van der Waals surface area contributed by atoms with Gasteiger partial charge in [0.2, 0.25) is 0 Å². The summed E-state index contributed by atoms with van der Waals surface area (Å²) in [5.74, 6) is 0.858. The minimum absolute atomic E-state index is 0.187. The number of nitrogens with one attached hydrogen (secondary N) is 2. The Morgan fingerprint density at radius 3 is 2.37 bits per heavy atom. The minimum Gasteiger partial charge on any atom is -0.497 e. The van der Waals surface area contributed by atoms with Crippen LogP contribution in [0.1, 0.15) is 11.1 Å². The van der Waals surface area contributed by atoms with Gasteiger partial charge >= 0.3 is 0 Å². The van der Waals surface area contributed by atoms with Crippen LogP contribution in [0.2, 0.25) is 0 Å². The topological polar surface area (TPSA) is 80.3 Å². The molecule has 3 rings (SSSR count). The predicted octanol–water partition coefficient (Wildman–Crippen LogP) is 4.25. The van der Waals surface area contributed by atoms with Crippen LogP contribution < -0.4 is 14.8 Å². The van der Waals surface area contributed by atoms with Crippen LogP contribution in [0.25, 0.3) is 0 Å². The van der Waals surface area contributed by atoms with Crippen molar-refractivity contribution in [3.05, 3.63) is 71.9 Å². The molecule has 0 bridgehead atoms. The number of aromatic nitrogens is 1. The highest BCUT2D eigenvalue weighted by molar-refractivity contribution is 7.92. The maximum atomic E-state index is 12.6. The van der Waals surface area contributed by atoms with Crippen LogP contribution in [0.15, 0.2) is 65.7 Å². The third-order valence-corrected chi connectivity index (χ3v) is 5.61. The van der Waals surface area contributed by atoms with E-state index in [1.54, 1.807) is 37.4 Å². The van der Waals surface area contributed by atoms with Crippen LogP contribution in [0.3, 0.4) is 0 Å². The van der Waals surface area contributed by atoms with Crippen molar-refractivity contribution < 1.29 is 13.2 Å². The first kappa shape index (κ1) is 18.7. The van der Waals surface area contributed by atoms with Gasteiger partial charge in [0.25, 0.3) is 10.0 Å². The molecule has 2 N–H and O–H groups in total. The third-order valence-electron chi connectivity index (χ3n) is 4.10. The summed E-state index contributed by atoms with van der Waals surface area (Å²) in [6.45, 7) is 3.73. The number of rotatable bonds is 6. The summed E-state index contributed by atoms with van der Waals surface area (Å²) in [6, 6.07) is 16.1. The van der Waals surface area contributed by atoms with Crippen molar-refractivity contribution in [2.45, 2.75) is 18.7 Å². The highest BCUT2D eigenvalue weighted by Crippen LogP contribution is 2.24. The second-order valence-electron chi connectivity index (χ2n) is 6.11. The summed E-state index contributed by atoms with van der Waals surface area (Å²) in [5, 5.41) is 3.26. The molecule has 2 aromatic carbocycles. The van der Waals surface area contributed by atoms with Gasteiger partial charge in [-0.05, 0) is 61.4 Å². The number of aryl methyl sites for hydroxylation is 2. The molecule has 6 nitrogen and oxygen atoms in total. The first-order valence-corrected chi connectivity index (χ1v) is 9.83. The molecule has 0 fully saturated rings. The average molecular weight is 383 g/mol. The number of ether oxygens (including phenoxy) is 1. The number of sulfonamides is 1. The van der Waals surface area contributed by atoms with Gasteiger partial charge in [-0.1, -0.05) is 18.2 Å². The van der Waals surface area contributed by atoms with Gasteiger partial charge in [0.1, 0.15) is 11.6 Å². The minimum atomic E-state index is -3.74. The molecule has 27 heavy (non-hydrogen) atoms. The van der Waals surface area contributed by atoms with Crippen LogP contribution >= 0.6 is 0 Å². The van der Waals surface area contributed by atoms with Gasteiger partial charge in [0.05, 0.1) is 23.9 Å². The van der Waals surface area contributed by atoms with Gasteiger partial charge in [-0.2, -0.15) is 0 Å². The smallest absolute Gasteiger partial charge is 0.263 e. The fraction of sp³-hybridized carbons (Fsp3) is 0.150. The van der Waals surface area contributed by atoms with Crippen LogP contribution in [0, 0.1) is 13.8 Å². The van der Waals surface area contributed by atoms with Gasteiger partial charge < -0.3 is 10.1 Å². The molecule has 0 aliphatic carbocycles. The monoisotopic (exact) mass is 383 g/mol. The Morgan fingerprint density at radius 2 is 1.74 bits per heavy atom. The van der Waals surface area contributed by atoms with Crippen molar-refractivity contribution in [2.24, 2.45) is 0 Å². The first-order valence-electron chi connectivity index (χ1n) is 8.35. The lowest BCUT2D eigenvalue weighted by Crippen LogP contribution is -2.15. The lowest BCUT2D eigenvalue weighted by molar-refractivity contribution is 0.414. The predicted molar refractivity (Wildman–Crippen MR) is 107 cm³/mol. The SMILES string of the molecule is COc1ccc(S(=O)(=O)Nc2ccc(Nc3ccccc3C)cn2)c(C)c1. The van der Waals surface area contributed by atoms with Crippen molar-refractivity contribution in [1.29, 1.82) is 0 Å². The molecule has 1 heterocycles. The van der Waals surface area contributed by atoms with Crippen LogP contribution in [-0.4, -0.2) is 20.5 Å². The highest BCUT2D eigenvalue weighted by atomic mass is 32.2. The summed E-state index contributed by atoms with van der Waals surface area (Å²) in [6.07, 6.45) is 1.59. The van der Waals surface area contributed by atoms with Crippen molar-refractivity contribution in [3.8, 4) is 5.75 Å². The zero-order chi connectivity index (χ0) is 19.4. The zero-order valence-corrected chi connectivity index (χ0v) is 16.2. The van der Waals surface area contributed by atoms with Gasteiger partial charge in [0, 0.05) is 5.69 Å². The van der Waals surface area contributed by atoms with E-state index in [9.17, 15) is 8.42 Å². The highest BCUT2D eigenvalue weighted by Gasteiger charge is 2.18. The van der Waals surface area contributed by atoms with Crippen LogP contribution in [0.4, 0.5) is 17.2 Å². The normalized spacial score (nSPS) is 11.1. The molecule has 0 unspecified atom stereocenters. The third kappa shape index (κ3) is 4.38. The summed E-state index contributed by atoms with van der Waals surface area (Å²) in [5.41, 5.74) is 3.45. The summed E-state index contributed by atoms with van der Waals surface area (Å²) in [7, 11) is -2.20. The first-order chi connectivity index (χ1) is 12.9. The number of para-hydroxylation sites is 1. The molecule has 0 spiro atoms. The van der Waals surface area contributed by atoms with Crippen molar-refractivity contribution in [1.82, 2.24) is 4.98 Å². The summed E-state index contributed by atoms with van der Waals surface area (Å²) in [4.78, 5) is 4.39. The Bertz CT molecular complexity index is 1050. The van der Waals surface area contributed by atoms with Gasteiger partial charge in [-0.3, -0.25) is 4.72 Å². The summed E-state index contributed by atoms with van der Waals surface area (Å²) < 4.78 is 32.9. The average Bonchev–Trinajstić information content (AvgIpc) is 2.64. The van der Waals surface area contributed by atoms with Gasteiger partial charge in [-0.25, -0.2) is 13.4 Å². The molecule has 0 amide bonds. The Morgan fingerprint density at radius 1 is 0.963 bits per heavy atom. The molecular formula is C20H21N3O3S. The van der Waals surface area contributed by atoms with E-state index < -0.39 is 10.0 Å². The van der Waals surface area contributed by atoms with E-state index in [1.807, 2.05) is 31.2 Å². The van der Waals surface area contributed by atoms with E-state index in [2.05, 4.69) is 15.0 Å². The van der Waals surface area contributed by atoms with E-state index in [4.69, 9.17) is 4.74 Å². The Balaban J connectivity index is 1.77. The molecular weight excluding hydrogens is 362 g/mol. The fourth-order valence-corrected chi connectivity index (χ4v) is 3.88. The van der Waals surface area contributed by atoms with E-state index in [-0.39, 0.29) is 10.7 Å². The van der Waals surface area contributed by atoms with Crippen molar-refractivity contribution in [3.63, 3.8) is 0 Å². The molecule has 7 heteroatoms. The maximum Gasteiger partial charge on any atom is 0.263 e. The summed E-state index contributed by atoms with van der Waals surface area (Å²) >= 11 is 0. The molecule has 0 aliphatic heterocycles. The van der Waals surface area contributed by atoms with E-state index in [0.717, 1.165) is 16.9 Å². The molecule has 0 saturated carbocycles. The quantitative estimate of drug-likeness (QED) is 0.665. The largest absolute Gasteiger partial charge is 0.497 e. The molecule has 3 aromatic rings. The number of nitrogens with zero attached hydrogens (tertiary/aromatic N) is 1. The van der Waals surface area contributed by atoms with Gasteiger partial charge in [-0.15, -0.1) is 0 Å². The van der Waals surface area contributed by atoms with E-state index in [0.29, 0.717) is 11.3 Å². The Labute approximate surface area is 159 Å². The number of hydrogen-bond acceptors (Lipinski definition) is 5. The Kier molecular flexibility index (Phi) is 5.32. The second-order valence-corrected chi connectivity index (χ2v) is 7.76. The van der Waals surface area contributed by atoms with Gasteiger partial charge in [0.15, 0.2) is 0 Å². The van der Waals surface area contributed by atoms with Crippen LogP contribution in [0.5, 0.6) is 5.75 Å². The van der Waals surface area contributed by atoms with E-state index >= 15 is 0 Å². The van der Waals surface area contributed by atoms with Crippen molar-refractivity contribution in [2.75, 3.05) is 17.1 Å². The molecule has 0 saturated heterocycles. The number of pyridine rings is 1. The molecule has 1 aromatic heterocycles. The lowest BCUT2D eigenvalue weighted by atomic mass is 10.2. The lowest BCUT2D eigenvalue weighted by Gasteiger charge is -2.12. The molecule has 0 atom stereocenters. The maximum absolute atomic E-state index is 12.6. The molecule has 0 radical (unpaired) electrons. The number of methoxy groups -OCH3 is 1.